The second-order valence-corrected chi connectivity index (χ2v) is 3.79. The zero-order valence-electron chi connectivity index (χ0n) is 7.93. The summed E-state index contributed by atoms with van der Waals surface area (Å²) in [4.78, 5) is 2.21. The Morgan fingerprint density at radius 2 is 2.09 bits per heavy atom. The lowest BCUT2D eigenvalue weighted by atomic mass is 10.0. The Balaban J connectivity index is 3.45. The second kappa shape index (κ2) is 4.52. The summed E-state index contributed by atoms with van der Waals surface area (Å²) in [7, 11) is 2.08. The third-order valence-corrected chi connectivity index (χ3v) is 1.58. The van der Waals surface area contributed by atoms with Crippen LogP contribution in [-0.4, -0.2) is 30.6 Å². The van der Waals surface area contributed by atoms with E-state index in [0.29, 0.717) is 0 Å². The topological polar surface area (TPSA) is 29.3 Å². The second-order valence-electron chi connectivity index (χ2n) is 3.79. The van der Waals surface area contributed by atoms with Crippen molar-refractivity contribution in [3.8, 4) is 0 Å². The molecular formula is C9H20N2. The van der Waals surface area contributed by atoms with Gasteiger partial charge in [-0.25, -0.2) is 0 Å². The molecule has 0 aliphatic heterocycles. The molecule has 0 amide bonds. The molecular weight excluding hydrogens is 136 g/mol. The zero-order chi connectivity index (χ0) is 8.91. The van der Waals surface area contributed by atoms with Crippen LogP contribution in [0.15, 0.2) is 12.7 Å². The first-order valence-corrected chi connectivity index (χ1v) is 4.04. The Kier molecular flexibility index (Phi) is 4.38. The summed E-state index contributed by atoms with van der Waals surface area (Å²) in [6, 6.07) is 0. The molecule has 11 heavy (non-hydrogen) atoms. The van der Waals surface area contributed by atoms with Gasteiger partial charge in [0.2, 0.25) is 0 Å². The van der Waals surface area contributed by atoms with Crippen molar-refractivity contribution in [2.45, 2.75) is 25.8 Å². The van der Waals surface area contributed by atoms with Crippen LogP contribution in [0.25, 0.3) is 0 Å². The average Bonchev–Trinajstić information content (AvgIpc) is 1.83. The summed E-state index contributed by atoms with van der Waals surface area (Å²) in [5.41, 5.74) is 5.78. The minimum Gasteiger partial charge on any atom is -0.326 e. The number of hydrogen-bond donors (Lipinski definition) is 1. The van der Waals surface area contributed by atoms with Crippen molar-refractivity contribution in [1.82, 2.24) is 4.90 Å². The molecule has 0 aromatic heterocycles. The highest BCUT2D eigenvalue weighted by molar-refractivity contribution is 4.76. The van der Waals surface area contributed by atoms with E-state index in [-0.39, 0.29) is 5.54 Å². The van der Waals surface area contributed by atoms with E-state index in [1.165, 1.54) is 0 Å². The molecule has 0 aliphatic rings. The standard InChI is InChI=1S/C9H20N2/c1-5-7-11(4)8-6-9(2,3)10/h5H,1,6-8,10H2,2-4H3. The van der Waals surface area contributed by atoms with Crippen molar-refractivity contribution in [2.24, 2.45) is 5.73 Å². The average molecular weight is 156 g/mol. The molecule has 0 heterocycles. The molecule has 0 fully saturated rings. The molecule has 2 nitrogen and oxygen atoms in total. The zero-order valence-corrected chi connectivity index (χ0v) is 7.93. The van der Waals surface area contributed by atoms with E-state index in [0.717, 1.165) is 19.5 Å². The van der Waals surface area contributed by atoms with E-state index in [4.69, 9.17) is 5.73 Å². The number of nitrogens with zero attached hydrogens (tertiary/aromatic N) is 1. The number of hydrogen-bond acceptors (Lipinski definition) is 2. The quantitative estimate of drug-likeness (QED) is 0.607. The van der Waals surface area contributed by atoms with Crippen molar-refractivity contribution < 1.29 is 0 Å². The molecule has 0 spiro atoms. The summed E-state index contributed by atoms with van der Waals surface area (Å²) >= 11 is 0. The van der Waals surface area contributed by atoms with Crippen molar-refractivity contribution in [1.29, 1.82) is 0 Å². The fourth-order valence-corrected chi connectivity index (χ4v) is 0.791. The third kappa shape index (κ3) is 7.56. The Morgan fingerprint density at radius 1 is 1.55 bits per heavy atom. The lowest BCUT2D eigenvalue weighted by Gasteiger charge is -2.22. The highest BCUT2D eigenvalue weighted by atomic mass is 15.1. The largest absolute Gasteiger partial charge is 0.326 e. The van der Waals surface area contributed by atoms with Crippen molar-refractivity contribution >= 4 is 0 Å². The van der Waals surface area contributed by atoms with Crippen LogP contribution in [0.1, 0.15) is 20.3 Å². The van der Waals surface area contributed by atoms with E-state index in [1.54, 1.807) is 0 Å². The van der Waals surface area contributed by atoms with E-state index in [9.17, 15) is 0 Å². The van der Waals surface area contributed by atoms with Gasteiger partial charge < -0.3 is 10.6 Å². The van der Waals surface area contributed by atoms with Crippen LogP contribution in [-0.2, 0) is 0 Å². The molecule has 66 valence electrons. The predicted octanol–water partition coefficient (Wildman–Crippen LogP) is 1.23. The van der Waals surface area contributed by atoms with Gasteiger partial charge in [-0.3, -0.25) is 0 Å². The molecule has 2 N–H and O–H groups in total. The fourth-order valence-electron chi connectivity index (χ4n) is 0.791. The summed E-state index contributed by atoms with van der Waals surface area (Å²) in [5, 5.41) is 0. The molecule has 0 radical (unpaired) electrons. The Hall–Kier alpha value is -0.340. The maximum absolute atomic E-state index is 5.83. The van der Waals surface area contributed by atoms with Gasteiger partial charge >= 0.3 is 0 Å². The maximum Gasteiger partial charge on any atom is 0.0157 e. The van der Waals surface area contributed by atoms with Gasteiger partial charge in [-0.1, -0.05) is 6.08 Å². The molecule has 0 bridgehead atoms. The predicted molar refractivity (Wildman–Crippen MR) is 50.6 cm³/mol. The lowest BCUT2D eigenvalue weighted by molar-refractivity contribution is 0.320. The Morgan fingerprint density at radius 3 is 2.45 bits per heavy atom. The SMILES string of the molecule is C=CCN(C)CCC(C)(C)N. The van der Waals surface area contributed by atoms with Crippen LogP contribution >= 0.6 is 0 Å². The highest BCUT2D eigenvalue weighted by Gasteiger charge is 2.10. The monoisotopic (exact) mass is 156 g/mol. The maximum atomic E-state index is 5.83. The fraction of sp³-hybridized carbons (Fsp3) is 0.778. The number of nitrogens with two attached hydrogens (primary N) is 1. The van der Waals surface area contributed by atoms with E-state index >= 15 is 0 Å². The van der Waals surface area contributed by atoms with Crippen molar-refractivity contribution in [3.05, 3.63) is 12.7 Å². The van der Waals surface area contributed by atoms with Crippen LogP contribution in [0.2, 0.25) is 0 Å². The molecule has 0 atom stereocenters. The van der Waals surface area contributed by atoms with Crippen LogP contribution in [0.3, 0.4) is 0 Å². The van der Waals surface area contributed by atoms with Crippen molar-refractivity contribution in [3.63, 3.8) is 0 Å². The van der Waals surface area contributed by atoms with Gasteiger partial charge in [0.05, 0.1) is 0 Å². The van der Waals surface area contributed by atoms with Gasteiger partial charge in [0.25, 0.3) is 0 Å². The van der Waals surface area contributed by atoms with E-state index < -0.39 is 0 Å². The lowest BCUT2D eigenvalue weighted by Crippen LogP contribution is -2.36. The van der Waals surface area contributed by atoms with Crippen LogP contribution in [0.4, 0.5) is 0 Å². The first kappa shape index (κ1) is 10.7. The first-order chi connectivity index (χ1) is 4.95. The summed E-state index contributed by atoms with van der Waals surface area (Å²) in [5.74, 6) is 0. The minimum atomic E-state index is -0.0462. The Labute approximate surface area is 70.1 Å². The molecule has 0 saturated carbocycles. The van der Waals surface area contributed by atoms with Crippen LogP contribution in [0.5, 0.6) is 0 Å². The molecule has 2 heteroatoms. The normalized spacial score (nSPS) is 12.1. The summed E-state index contributed by atoms with van der Waals surface area (Å²) < 4.78 is 0. The summed E-state index contributed by atoms with van der Waals surface area (Å²) in [6.45, 7) is 9.75. The van der Waals surface area contributed by atoms with E-state index in [2.05, 4.69) is 32.4 Å². The third-order valence-electron chi connectivity index (χ3n) is 1.58. The number of likely N-dealkylation sites (N-methyl/N-ethyl adjacent to an activating group) is 1. The first-order valence-electron chi connectivity index (χ1n) is 4.04. The molecule has 0 unspecified atom stereocenters. The van der Waals surface area contributed by atoms with Gasteiger partial charge in [-0.2, -0.15) is 0 Å². The van der Waals surface area contributed by atoms with Crippen molar-refractivity contribution in [2.75, 3.05) is 20.1 Å². The molecule has 0 aromatic carbocycles. The Bertz CT molecular complexity index is 113. The van der Waals surface area contributed by atoms with Gasteiger partial charge in [-0.05, 0) is 33.9 Å². The minimum absolute atomic E-state index is 0.0462. The highest BCUT2D eigenvalue weighted by Crippen LogP contribution is 2.03. The van der Waals surface area contributed by atoms with Crippen LogP contribution in [0, 0.1) is 0 Å². The van der Waals surface area contributed by atoms with Gasteiger partial charge in [0.15, 0.2) is 0 Å². The summed E-state index contributed by atoms with van der Waals surface area (Å²) in [6.07, 6.45) is 2.93. The molecule has 0 rings (SSSR count). The van der Waals surface area contributed by atoms with Gasteiger partial charge in [0.1, 0.15) is 0 Å². The number of rotatable bonds is 5. The molecule has 0 saturated heterocycles. The van der Waals surface area contributed by atoms with Gasteiger partial charge in [-0.15, -0.1) is 6.58 Å². The molecule has 0 aromatic rings. The van der Waals surface area contributed by atoms with Gasteiger partial charge in [0, 0.05) is 12.1 Å². The van der Waals surface area contributed by atoms with E-state index in [1.807, 2.05) is 6.08 Å². The smallest absolute Gasteiger partial charge is 0.0157 e. The van der Waals surface area contributed by atoms with Crippen LogP contribution < -0.4 is 5.73 Å². The molecule has 0 aliphatic carbocycles.